The minimum atomic E-state index is 0.608. The van der Waals surface area contributed by atoms with Gasteiger partial charge in [0, 0.05) is 21.1 Å². The fraction of sp³-hybridized carbons (Fsp3) is 0.750. The fourth-order valence-electron chi connectivity index (χ4n) is 0.173. The highest BCUT2D eigenvalue weighted by Gasteiger charge is 1.88. The number of nitriles is 1. The van der Waals surface area contributed by atoms with Crippen molar-refractivity contribution < 1.29 is 4.39 Å². The summed E-state index contributed by atoms with van der Waals surface area (Å²) in [6.45, 7) is 0. The molecule has 0 N–H and O–H groups in total. The molecule has 0 aliphatic carbocycles. The molecule has 0 aliphatic heterocycles. The van der Waals surface area contributed by atoms with Gasteiger partial charge in [-0.15, -0.1) is 5.97 Å². The summed E-state index contributed by atoms with van der Waals surface area (Å²) >= 11 is 0. The van der Waals surface area contributed by atoms with Crippen LogP contribution in [0.2, 0.25) is 0 Å². The molecule has 2 nitrogen and oxygen atoms in total. The molecule has 3 heteroatoms. The molecule has 2 radical (unpaired) electrons. The van der Waals surface area contributed by atoms with Crippen molar-refractivity contribution in [1.82, 2.24) is 0 Å². The summed E-state index contributed by atoms with van der Waals surface area (Å²) in [6, 6.07) is 0. The number of nitrogens with zero attached hydrogens (tertiary/aromatic N) is 2. The quantitative estimate of drug-likeness (QED) is 0.414. The van der Waals surface area contributed by atoms with Gasteiger partial charge in [0.05, 0.1) is 0 Å². The van der Waals surface area contributed by atoms with Gasteiger partial charge in [-0.1, -0.05) is 0 Å². The molecule has 0 aromatic carbocycles. The molecule has 0 aliphatic rings. The molecule has 7 heavy (non-hydrogen) atoms. The van der Waals surface area contributed by atoms with Gasteiger partial charge < -0.3 is 4.39 Å². The first-order valence-corrected chi connectivity index (χ1v) is 2.11. The van der Waals surface area contributed by atoms with E-state index in [2.05, 4.69) is 0 Å². The minimum Gasteiger partial charge on any atom is -0.555 e. The largest absolute Gasteiger partial charge is 0.555 e. The zero-order chi connectivity index (χ0) is 5.91. The number of hydrogen-bond acceptors (Lipinski definition) is 1. The van der Waals surface area contributed by atoms with Crippen molar-refractivity contribution >= 4 is 7.41 Å². The summed E-state index contributed by atoms with van der Waals surface area (Å²) in [4.78, 5) is 0. The zero-order valence-corrected chi connectivity index (χ0v) is 4.97. The molecule has 0 heterocycles. The van der Waals surface area contributed by atoms with Gasteiger partial charge in [-0.2, -0.15) is 0 Å². The minimum absolute atomic E-state index is 0.608. The number of rotatable bonds is 1. The van der Waals surface area contributed by atoms with Crippen LogP contribution < -0.4 is 0 Å². The van der Waals surface area contributed by atoms with Crippen LogP contribution in [0, 0.1) is 11.2 Å². The first kappa shape index (κ1) is 6.51. The Hall–Kier alpha value is -0.485. The second-order valence-electron chi connectivity index (χ2n) is 2.37. The molecule has 0 amide bonds. The Morgan fingerprint density at radius 1 is 1.43 bits per heavy atom. The lowest BCUT2D eigenvalue weighted by atomic mass is 9.93. The Balaban J connectivity index is 3.40. The van der Waals surface area contributed by atoms with E-state index in [0.717, 1.165) is 0 Å². The fourth-order valence-corrected chi connectivity index (χ4v) is 0.173. The topological polar surface area (TPSA) is 23.8 Å². The van der Waals surface area contributed by atoms with Gasteiger partial charge >= 0.3 is 0 Å². The van der Waals surface area contributed by atoms with Crippen molar-refractivity contribution in [2.24, 2.45) is 0 Å². The van der Waals surface area contributed by atoms with Crippen molar-refractivity contribution in [3.63, 3.8) is 0 Å². The summed E-state index contributed by atoms with van der Waals surface area (Å²) in [5, 5.41) is 8.08. The van der Waals surface area contributed by atoms with Crippen molar-refractivity contribution in [2.45, 2.75) is 0 Å². The van der Waals surface area contributed by atoms with Crippen molar-refractivity contribution in [3.8, 4) is 5.97 Å². The third-order valence-corrected chi connectivity index (χ3v) is 0.445. The van der Waals surface area contributed by atoms with Crippen LogP contribution in [0.1, 0.15) is 0 Å². The number of quaternary nitrogens is 1. The average molecular weight is 95.9 g/mol. The SMILES string of the molecule is C[N+](C)(C)[B-]C#N. The molecular formula is C4H9BN2. The third-order valence-electron chi connectivity index (χ3n) is 0.445. The standard InChI is InChI=1S/C4H9BN2/c1-7(2,3)5-4-6/h1-3H3. The molecular weight excluding hydrogens is 86.9 g/mol. The average Bonchev–Trinajstić information content (AvgIpc) is 1.30. The normalized spacial score (nSPS) is 10.6. The smallest absolute Gasteiger partial charge is 0.126 e. The summed E-state index contributed by atoms with van der Waals surface area (Å²) in [7, 11) is 7.36. The van der Waals surface area contributed by atoms with Crippen LogP contribution in [0.25, 0.3) is 0 Å². The maximum atomic E-state index is 8.08. The molecule has 0 aromatic rings. The maximum absolute atomic E-state index is 8.08. The molecule has 0 fully saturated rings. The van der Waals surface area contributed by atoms with Crippen LogP contribution in [-0.2, 0) is 0 Å². The lowest BCUT2D eigenvalue weighted by Gasteiger charge is -2.33. The van der Waals surface area contributed by atoms with E-state index in [-0.39, 0.29) is 0 Å². The molecule has 0 spiro atoms. The molecule has 0 saturated carbocycles. The van der Waals surface area contributed by atoms with Gasteiger partial charge in [0.1, 0.15) is 7.41 Å². The Morgan fingerprint density at radius 3 is 1.86 bits per heavy atom. The molecule has 38 valence electrons. The predicted octanol–water partition coefficient (Wildman–Crippen LogP) is -0.207. The second kappa shape index (κ2) is 1.99. The monoisotopic (exact) mass is 96.1 g/mol. The van der Waals surface area contributed by atoms with Gasteiger partial charge in [0.15, 0.2) is 0 Å². The summed E-state index contributed by atoms with van der Waals surface area (Å²) in [6.07, 6.45) is 0. The zero-order valence-electron chi connectivity index (χ0n) is 4.97. The Labute approximate surface area is 45.2 Å². The van der Waals surface area contributed by atoms with E-state index in [1.165, 1.54) is 0 Å². The summed E-state index contributed by atoms with van der Waals surface area (Å²) in [5.41, 5.74) is 0. The molecule has 0 unspecified atom stereocenters. The van der Waals surface area contributed by atoms with Gasteiger partial charge in [0.2, 0.25) is 0 Å². The first-order chi connectivity index (χ1) is 3.06. The van der Waals surface area contributed by atoms with E-state index in [9.17, 15) is 0 Å². The van der Waals surface area contributed by atoms with E-state index < -0.39 is 0 Å². The lowest BCUT2D eigenvalue weighted by molar-refractivity contribution is -0.753. The van der Waals surface area contributed by atoms with Crippen LogP contribution in [0.3, 0.4) is 0 Å². The van der Waals surface area contributed by atoms with E-state index >= 15 is 0 Å². The molecule has 0 rings (SSSR count). The van der Waals surface area contributed by atoms with Gasteiger partial charge in [-0.3, -0.25) is 0 Å². The summed E-state index contributed by atoms with van der Waals surface area (Å²) in [5.74, 6) is 1.95. The van der Waals surface area contributed by atoms with Crippen molar-refractivity contribution in [1.29, 1.82) is 5.26 Å². The van der Waals surface area contributed by atoms with E-state index in [1.807, 2.05) is 27.1 Å². The second-order valence-corrected chi connectivity index (χ2v) is 2.37. The molecule has 0 aromatic heterocycles. The van der Waals surface area contributed by atoms with E-state index in [0.29, 0.717) is 4.39 Å². The predicted molar refractivity (Wildman–Crippen MR) is 29.4 cm³/mol. The van der Waals surface area contributed by atoms with Gasteiger partial charge in [-0.05, 0) is 0 Å². The highest BCUT2D eigenvalue weighted by atomic mass is 15.2. The van der Waals surface area contributed by atoms with Crippen LogP contribution in [-0.4, -0.2) is 33.0 Å². The molecule has 0 atom stereocenters. The van der Waals surface area contributed by atoms with Crippen LogP contribution in [0.5, 0.6) is 0 Å². The van der Waals surface area contributed by atoms with E-state index in [4.69, 9.17) is 5.26 Å². The van der Waals surface area contributed by atoms with Crippen molar-refractivity contribution in [3.05, 3.63) is 0 Å². The highest BCUT2D eigenvalue weighted by Crippen LogP contribution is 1.80. The van der Waals surface area contributed by atoms with Crippen LogP contribution >= 0.6 is 0 Å². The Kier molecular flexibility index (Phi) is 1.85. The Morgan fingerprint density at radius 2 is 1.86 bits per heavy atom. The van der Waals surface area contributed by atoms with Gasteiger partial charge in [-0.25, -0.2) is 5.26 Å². The highest BCUT2D eigenvalue weighted by molar-refractivity contribution is 6.36. The lowest BCUT2D eigenvalue weighted by Crippen LogP contribution is -2.37. The van der Waals surface area contributed by atoms with Crippen LogP contribution in [0.4, 0.5) is 0 Å². The first-order valence-electron chi connectivity index (χ1n) is 2.11. The maximum Gasteiger partial charge on any atom is 0.126 e. The van der Waals surface area contributed by atoms with E-state index in [1.54, 1.807) is 7.41 Å². The molecule has 0 bridgehead atoms. The van der Waals surface area contributed by atoms with Crippen LogP contribution in [0.15, 0.2) is 0 Å². The number of hydrogen-bond donors (Lipinski definition) is 0. The van der Waals surface area contributed by atoms with Crippen molar-refractivity contribution in [2.75, 3.05) is 21.1 Å². The molecule has 0 saturated heterocycles. The Bertz CT molecular complexity index is 86.8. The van der Waals surface area contributed by atoms with Gasteiger partial charge in [0.25, 0.3) is 0 Å². The summed E-state index contributed by atoms with van der Waals surface area (Å²) < 4.78 is 0.608. The third kappa shape index (κ3) is 5.51.